The van der Waals surface area contributed by atoms with Crippen molar-refractivity contribution < 1.29 is 53.5 Å². The average Bonchev–Trinajstić information content (AvgIpc) is 3.78. The zero-order valence-corrected chi connectivity index (χ0v) is 36.2. The van der Waals surface area contributed by atoms with Gasteiger partial charge in [-0.05, 0) is 69.1 Å². The molecule has 13 N–H and O–H groups in total. The molecule has 7 atom stereocenters. The third-order valence-electron chi connectivity index (χ3n) is 10.3. The first kappa shape index (κ1) is 50.7. The highest BCUT2D eigenvalue weighted by molar-refractivity contribution is 8.00. The van der Waals surface area contributed by atoms with E-state index in [4.69, 9.17) is 10.9 Å². The predicted octanol–water partition coefficient (Wildman–Crippen LogP) is -1.30. The fraction of sp³-hybridized carbons (Fsp3) is 0.625. The van der Waals surface area contributed by atoms with Crippen LogP contribution in [0.1, 0.15) is 84.1 Å². The lowest BCUT2D eigenvalue weighted by molar-refractivity contribution is -0.137. The number of carbonyl (C=O) groups excluding carboxylic acids is 9. The molecule has 2 fully saturated rings. The minimum Gasteiger partial charge on any atom is -0.508 e. The molecule has 1 unspecified atom stereocenters. The molecule has 344 valence electrons. The Balaban J connectivity index is 1.35. The van der Waals surface area contributed by atoms with Crippen LogP contribution in [0, 0.1) is 11.8 Å². The molecule has 0 saturated carbocycles. The van der Waals surface area contributed by atoms with Crippen molar-refractivity contribution in [2.24, 2.45) is 17.6 Å². The largest absolute Gasteiger partial charge is 0.508 e. The van der Waals surface area contributed by atoms with Gasteiger partial charge < -0.3 is 53.4 Å². The van der Waals surface area contributed by atoms with Crippen molar-refractivity contribution in [2.75, 3.05) is 25.4 Å². The first-order valence-corrected chi connectivity index (χ1v) is 21.9. The van der Waals surface area contributed by atoms with Crippen molar-refractivity contribution in [1.82, 2.24) is 48.0 Å². The number of rotatable bonds is 27. The number of phenolic OH excluding ortho intramolecular Hbond substituents is 1. The second kappa shape index (κ2) is 26.0. The summed E-state index contributed by atoms with van der Waals surface area (Å²) in [5, 5.41) is 40.0. The molecule has 3 rings (SSSR count). The lowest BCUT2D eigenvalue weighted by atomic mass is 9.92. The van der Waals surface area contributed by atoms with Crippen LogP contribution in [0.5, 0.6) is 5.75 Å². The number of urea groups is 1. The van der Waals surface area contributed by atoms with E-state index in [9.17, 15) is 48.3 Å². The van der Waals surface area contributed by atoms with Gasteiger partial charge in [0.25, 0.3) is 0 Å². The Morgan fingerprint density at radius 1 is 0.790 bits per heavy atom. The number of nitrogens with one attached hydrogen (secondary N) is 9. The lowest BCUT2D eigenvalue weighted by Crippen LogP contribution is -2.55. The second-order valence-corrected chi connectivity index (χ2v) is 17.2. The molecule has 2 saturated heterocycles. The highest BCUT2D eigenvalue weighted by atomic mass is 32.2. The number of nitrogens with two attached hydrogens (primary N) is 1. The van der Waals surface area contributed by atoms with E-state index in [-0.39, 0.29) is 61.4 Å². The highest BCUT2D eigenvalue weighted by Gasteiger charge is 2.42. The van der Waals surface area contributed by atoms with Crippen LogP contribution in [0.2, 0.25) is 0 Å². The Morgan fingerprint density at radius 3 is 2.18 bits per heavy atom. The fourth-order valence-electron chi connectivity index (χ4n) is 7.02. The molecule has 0 spiro atoms. The maximum Gasteiger partial charge on any atom is 0.315 e. The molecule has 0 radical (unpaired) electrons. The maximum atomic E-state index is 13.4. The van der Waals surface area contributed by atoms with Gasteiger partial charge in [-0.1, -0.05) is 32.4 Å². The van der Waals surface area contributed by atoms with Gasteiger partial charge in [0.15, 0.2) is 0 Å². The van der Waals surface area contributed by atoms with Gasteiger partial charge in [-0.25, -0.2) is 10.3 Å². The number of thioether (sulfide) groups is 1. The third-order valence-corrected chi connectivity index (χ3v) is 11.8. The van der Waals surface area contributed by atoms with Gasteiger partial charge >= 0.3 is 6.03 Å². The van der Waals surface area contributed by atoms with Gasteiger partial charge in [-0.15, -0.1) is 0 Å². The molecule has 0 aromatic heterocycles. The molecule has 62 heavy (non-hydrogen) atoms. The van der Waals surface area contributed by atoms with Gasteiger partial charge in [0.05, 0.1) is 25.2 Å². The molecule has 0 aliphatic carbocycles. The lowest BCUT2D eigenvalue weighted by Gasteiger charge is -2.24. The number of phenols is 1. The van der Waals surface area contributed by atoms with E-state index in [1.807, 2.05) is 25.6 Å². The van der Waals surface area contributed by atoms with Crippen molar-refractivity contribution in [3.8, 4) is 5.75 Å². The quantitative estimate of drug-likeness (QED) is 0.0212. The van der Waals surface area contributed by atoms with Crippen molar-refractivity contribution in [3.05, 3.63) is 29.8 Å². The number of primary amides is 1. The number of benzene rings is 1. The Bertz CT molecular complexity index is 1730. The van der Waals surface area contributed by atoms with E-state index in [1.165, 1.54) is 24.5 Å². The predicted molar refractivity (Wildman–Crippen MR) is 227 cm³/mol. The normalized spacial score (nSPS) is 18.4. The molecule has 2 aliphatic rings. The summed E-state index contributed by atoms with van der Waals surface area (Å²) in [4.78, 5) is 112. The van der Waals surface area contributed by atoms with Gasteiger partial charge in [-0.3, -0.25) is 43.6 Å². The number of hydrogen-bond donors (Lipinski definition) is 12. The summed E-state index contributed by atoms with van der Waals surface area (Å²) in [7, 11) is 0. The van der Waals surface area contributed by atoms with Crippen molar-refractivity contribution in [1.29, 1.82) is 0 Å². The second-order valence-electron chi connectivity index (χ2n) is 16.0. The molecule has 2 aliphatic heterocycles. The molecule has 2 heterocycles. The summed E-state index contributed by atoms with van der Waals surface area (Å²) < 4.78 is 0. The van der Waals surface area contributed by atoms with Crippen LogP contribution in [0.25, 0.3) is 0 Å². The smallest absolute Gasteiger partial charge is 0.315 e. The number of carbonyl (C=O) groups is 9. The molecule has 10 amide bonds. The molecule has 21 nitrogen and oxygen atoms in total. The third kappa shape index (κ3) is 18.1. The number of aromatic hydroxyl groups is 1. The molecular formula is C40H62N10O11S. The van der Waals surface area contributed by atoms with Crippen LogP contribution >= 0.6 is 11.8 Å². The summed E-state index contributed by atoms with van der Waals surface area (Å²) in [6.45, 7) is 4.33. The number of fused-ring (bicyclic) bond motifs is 1. The summed E-state index contributed by atoms with van der Waals surface area (Å²) in [5.74, 6) is -5.24. The van der Waals surface area contributed by atoms with E-state index in [0.29, 0.717) is 36.6 Å². The minimum absolute atomic E-state index is 0.00671. The van der Waals surface area contributed by atoms with Crippen molar-refractivity contribution in [2.45, 2.75) is 120 Å². The summed E-state index contributed by atoms with van der Waals surface area (Å²) in [5.41, 5.74) is 7.54. The SMILES string of the molecule is CC(C)CC(CC(=O)NO)C(=O)N[C@@H](Cc1ccc(O)cc1)C(=O)N[C@@H](C)C(=O)NCC(=O)NCC(=O)N[C@@H](CCCCNC(=O)CCCC[C@@H]1SC[C@@H]2NC(=O)N[C@@H]21)C(N)=O. The van der Waals surface area contributed by atoms with E-state index in [0.717, 1.165) is 25.0 Å². The number of hydrogen-bond acceptors (Lipinski definition) is 12. The Hall–Kier alpha value is -5.64. The Morgan fingerprint density at radius 2 is 1.50 bits per heavy atom. The molecule has 0 bridgehead atoms. The summed E-state index contributed by atoms with van der Waals surface area (Å²) >= 11 is 1.83. The van der Waals surface area contributed by atoms with Gasteiger partial charge in [-0.2, -0.15) is 11.8 Å². The van der Waals surface area contributed by atoms with Crippen LogP contribution in [-0.4, -0.2) is 124 Å². The van der Waals surface area contributed by atoms with E-state index in [1.54, 1.807) is 12.1 Å². The van der Waals surface area contributed by atoms with Crippen LogP contribution < -0.4 is 53.7 Å². The van der Waals surface area contributed by atoms with Crippen molar-refractivity contribution >= 4 is 65.1 Å². The van der Waals surface area contributed by atoms with Crippen LogP contribution in [0.3, 0.4) is 0 Å². The maximum absolute atomic E-state index is 13.4. The number of unbranched alkanes of at least 4 members (excludes halogenated alkanes) is 2. The van der Waals surface area contributed by atoms with Gasteiger partial charge in [0.2, 0.25) is 47.3 Å². The standard InChI is InChI=1S/C40H62N10O11S/c1-22(2)16-25(18-32(53)50-61)38(58)47-28(17-24-11-13-26(51)14-12-24)39(59)45-23(3)37(57)44-19-33(54)43-20-34(55)46-27(36(41)56)8-6-7-15-42-31(52)10-5-4-9-30-35-29(21-62-30)48-40(60)49-35/h11-14,22-23,25,27-30,35,51,61H,4-10,15-21H2,1-3H3,(H2,41,56)(H,42,52)(H,43,54)(H,44,57)(H,45,59)(H,46,55)(H,47,58)(H,50,53)(H2,48,49,60)/t23-,25?,27-,28-,29-,30-,35-/m0/s1. The zero-order chi connectivity index (χ0) is 45.8. The molecular weight excluding hydrogens is 829 g/mol. The van der Waals surface area contributed by atoms with Crippen molar-refractivity contribution in [3.63, 3.8) is 0 Å². The zero-order valence-electron chi connectivity index (χ0n) is 35.4. The molecule has 1 aromatic carbocycles. The Labute approximate surface area is 364 Å². The van der Waals surface area contributed by atoms with Crippen LogP contribution in [0.4, 0.5) is 4.79 Å². The highest BCUT2D eigenvalue weighted by Crippen LogP contribution is 2.33. The van der Waals surface area contributed by atoms with Gasteiger partial charge in [0, 0.05) is 42.7 Å². The van der Waals surface area contributed by atoms with E-state index >= 15 is 0 Å². The minimum atomic E-state index is -1.22. The molecule has 1 aromatic rings. The van der Waals surface area contributed by atoms with Gasteiger partial charge in [0.1, 0.15) is 23.9 Å². The fourth-order valence-corrected chi connectivity index (χ4v) is 8.57. The average molecular weight is 891 g/mol. The van der Waals surface area contributed by atoms with Crippen LogP contribution in [0.15, 0.2) is 24.3 Å². The van der Waals surface area contributed by atoms with Crippen LogP contribution in [-0.2, 0) is 44.8 Å². The number of amides is 10. The Kier molecular flexibility index (Phi) is 21.2. The molecule has 22 heteroatoms. The first-order chi connectivity index (χ1) is 29.4. The van der Waals surface area contributed by atoms with E-state index in [2.05, 4.69) is 42.5 Å². The summed E-state index contributed by atoms with van der Waals surface area (Å²) in [6, 6.07) is 2.65. The summed E-state index contributed by atoms with van der Waals surface area (Å²) in [6.07, 6.45) is 3.98. The topological polar surface area (TPSA) is 328 Å². The first-order valence-electron chi connectivity index (χ1n) is 20.9. The monoisotopic (exact) mass is 890 g/mol. The van der Waals surface area contributed by atoms with E-state index < -0.39 is 78.5 Å². The number of hydroxylamine groups is 1.